The van der Waals surface area contributed by atoms with E-state index in [0.717, 1.165) is 57.8 Å². The maximum absolute atomic E-state index is 13.7. The molecule has 1 amide bonds. The fraction of sp³-hybridized carbons (Fsp3) is 0.708. The first-order chi connectivity index (χ1) is 15.4. The predicted molar refractivity (Wildman–Crippen MR) is 116 cm³/mol. The molecule has 0 spiro atoms. The van der Waals surface area contributed by atoms with Crippen LogP contribution in [-0.2, 0) is 0 Å². The zero-order valence-electron chi connectivity index (χ0n) is 18.6. The van der Waals surface area contributed by atoms with Crippen LogP contribution in [0.3, 0.4) is 0 Å². The van der Waals surface area contributed by atoms with Crippen LogP contribution in [-0.4, -0.2) is 47.9 Å². The lowest BCUT2D eigenvalue weighted by molar-refractivity contribution is 0.0913. The zero-order chi connectivity index (χ0) is 22.9. The van der Waals surface area contributed by atoms with Crippen molar-refractivity contribution >= 4 is 6.09 Å². The largest absolute Gasteiger partial charge is 0.487 e. The van der Waals surface area contributed by atoms with Gasteiger partial charge in [0.1, 0.15) is 6.10 Å². The molecule has 8 heteroatoms. The molecule has 1 aromatic rings. The molecule has 0 unspecified atom stereocenters. The van der Waals surface area contributed by atoms with E-state index in [1.165, 1.54) is 25.7 Å². The van der Waals surface area contributed by atoms with Gasteiger partial charge >= 0.3 is 6.09 Å². The van der Waals surface area contributed by atoms with E-state index in [4.69, 9.17) is 9.84 Å². The Kier molecular flexibility index (Phi) is 9.51. The Hall–Kier alpha value is -1.96. The Morgan fingerprint density at radius 3 is 2.09 bits per heavy atom. The molecule has 2 aliphatic carbocycles. The number of nitrogens with one attached hydrogen (secondary N) is 1. The van der Waals surface area contributed by atoms with Crippen LogP contribution < -0.4 is 10.1 Å². The van der Waals surface area contributed by atoms with Crippen molar-refractivity contribution in [2.75, 3.05) is 19.6 Å². The van der Waals surface area contributed by atoms with E-state index in [1.54, 1.807) is 0 Å². The quantitative estimate of drug-likeness (QED) is 0.537. The lowest BCUT2D eigenvalue weighted by Gasteiger charge is -2.34. The number of amides is 1. The summed E-state index contributed by atoms with van der Waals surface area (Å²) in [6.45, 7) is 2.63. The molecule has 1 heterocycles. The Bertz CT molecular complexity index is 725. The summed E-state index contributed by atoms with van der Waals surface area (Å²) in [5.74, 6) is -2.81. The standard InChI is InChI=1S/C20H27F3N2O3.C4H8/c21-16-11-18(23)19(12-17(16)22)28-15-6-9-25(10-7-15)8-5-13-1-3-14(4-2-13)24-20(26)27;1-2-4-3-1/h11-15,24H,1-10H2,(H,26,27);1-4H2/t13-,14-;. The Morgan fingerprint density at radius 1 is 0.938 bits per heavy atom. The maximum atomic E-state index is 13.7. The second-order valence-corrected chi connectivity index (χ2v) is 9.23. The summed E-state index contributed by atoms with van der Waals surface area (Å²) < 4.78 is 45.5. The molecule has 1 aliphatic heterocycles. The van der Waals surface area contributed by atoms with Gasteiger partial charge in [0, 0.05) is 31.3 Å². The third-order valence-electron chi connectivity index (χ3n) is 6.83. The summed E-state index contributed by atoms with van der Waals surface area (Å²) in [6, 6.07) is 1.37. The topological polar surface area (TPSA) is 61.8 Å². The summed E-state index contributed by atoms with van der Waals surface area (Å²) in [6.07, 6.45) is 11.2. The van der Waals surface area contributed by atoms with E-state index in [1.807, 2.05) is 0 Å². The van der Waals surface area contributed by atoms with Crippen LogP contribution in [0.1, 0.15) is 70.6 Å². The van der Waals surface area contributed by atoms with Gasteiger partial charge in [0.2, 0.25) is 0 Å². The molecule has 0 bridgehead atoms. The normalized spacial score (nSPS) is 24.1. The molecule has 1 saturated heterocycles. The van der Waals surface area contributed by atoms with Gasteiger partial charge in [0.25, 0.3) is 0 Å². The van der Waals surface area contributed by atoms with Crippen molar-refractivity contribution in [2.45, 2.75) is 82.8 Å². The Balaban J connectivity index is 0.000000650. The first-order valence-corrected chi connectivity index (χ1v) is 11.9. The molecule has 32 heavy (non-hydrogen) atoms. The van der Waals surface area contributed by atoms with E-state index in [9.17, 15) is 18.0 Å². The fourth-order valence-electron chi connectivity index (χ4n) is 4.41. The van der Waals surface area contributed by atoms with Gasteiger partial charge in [-0.3, -0.25) is 0 Å². The van der Waals surface area contributed by atoms with Crippen molar-refractivity contribution in [3.8, 4) is 5.75 Å². The number of ether oxygens (including phenoxy) is 1. The number of hydrogen-bond donors (Lipinski definition) is 2. The molecule has 180 valence electrons. The first kappa shape index (κ1) is 24.7. The highest BCUT2D eigenvalue weighted by Crippen LogP contribution is 2.28. The van der Waals surface area contributed by atoms with Gasteiger partial charge in [-0.2, -0.15) is 0 Å². The van der Waals surface area contributed by atoms with Crippen LogP contribution in [0.15, 0.2) is 12.1 Å². The number of halogens is 3. The number of carboxylic acid groups (broad SMARTS) is 1. The minimum atomic E-state index is -1.22. The van der Waals surface area contributed by atoms with Crippen molar-refractivity contribution in [2.24, 2.45) is 5.92 Å². The molecular weight excluding hydrogens is 421 g/mol. The van der Waals surface area contributed by atoms with E-state index in [-0.39, 0.29) is 17.9 Å². The van der Waals surface area contributed by atoms with Crippen LogP contribution in [0.5, 0.6) is 5.75 Å². The highest BCUT2D eigenvalue weighted by Gasteiger charge is 2.25. The van der Waals surface area contributed by atoms with E-state index in [0.29, 0.717) is 24.8 Å². The SMILES string of the molecule is C1CCC1.O=C(O)N[C@H]1CC[C@H](CCN2CCC(Oc3cc(F)c(F)cc3F)CC2)CC1. The minimum absolute atomic E-state index is 0.0818. The van der Waals surface area contributed by atoms with Crippen LogP contribution >= 0.6 is 0 Å². The van der Waals surface area contributed by atoms with Crippen molar-refractivity contribution in [1.82, 2.24) is 10.2 Å². The summed E-state index contributed by atoms with van der Waals surface area (Å²) >= 11 is 0. The number of hydrogen-bond acceptors (Lipinski definition) is 3. The first-order valence-electron chi connectivity index (χ1n) is 11.9. The van der Waals surface area contributed by atoms with Crippen LogP contribution in [0.25, 0.3) is 0 Å². The molecule has 3 fully saturated rings. The van der Waals surface area contributed by atoms with E-state index >= 15 is 0 Å². The van der Waals surface area contributed by atoms with Gasteiger partial charge in [-0.15, -0.1) is 0 Å². The van der Waals surface area contributed by atoms with Crippen LogP contribution in [0.4, 0.5) is 18.0 Å². The second kappa shape index (κ2) is 12.3. The van der Waals surface area contributed by atoms with Gasteiger partial charge in [-0.1, -0.05) is 25.7 Å². The maximum Gasteiger partial charge on any atom is 0.404 e. The zero-order valence-corrected chi connectivity index (χ0v) is 18.6. The predicted octanol–water partition coefficient (Wildman–Crippen LogP) is 5.72. The van der Waals surface area contributed by atoms with Gasteiger partial charge in [0.15, 0.2) is 23.2 Å². The fourth-order valence-corrected chi connectivity index (χ4v) is 4.41. The number of nitrogens with zero attached hydrogens (tertiary/aromatic N) is 1. The van der Waals surface area contributed by atoms with Gasteiger partial charge < -0.3 is 20.1 Å². The van der Waals surface area contributed by atoms with Gasteiger partial charge in [-0.25, -0.2) is 18.0 Å². The van der Waals surface area contributed by atoms with Gasteiger partial charge in [0.05, 0.1) is 0 Å². The minimum Gasteiger partial charge on any atom is -0.487 e. The number of carbonyl (C=O) groups is 1. The van der Waals surface area contributed by atoms with Crippen molar-refractivity contribution in [3.05, 3.63) is 29.6 Å². The molecule has 3 aliphatic rings. The van der Waals surface area contributed by atoms with E-state index < -0.39 is 23.5 Å². The molecule has 0 atom stereocenters. The smallest absolute Gasteiger partial charge is 0.404 e. The molecular formula is C24H35F3N2O3. The molecule has 2 saturated carbocycles. The van der Waals surface area contributed by atoms with E-state index in [2.05, 4.69) is 10.2 Å². The van der Waals surface area contributed by atoms with Gasteiger partial charge in [-0.05, 0) is 57.4 Å². The molecule has 2 N–H and O–H groups in total. The Labute approximate surface area is 188 Å². The summed E-state index contributed by atoms with van der Waals surface area (Å²) in [7, 11) is 0. The third kappa shape index (κ3) is 7.87. The monoisotopic (exact) mass is 456 g/mol. The van der Waals surface area contributed by atoms with Crippen LogP contribution in [0.2, 0.25) is 0 Å². The average Bonchev–Trinajstić information content (AvgIpc) is 2.71. The molecule has 4 rings (SSSR count). The second-order valence-electron chi connectivity index (χ2n) is 9.23. The Morgan fingerprint density at radius 2 is 1.53 bits per heavy atom. The van der Waals surface area contributed by atoms with Crippen LogP contribution in [0, 0.1) is 23.4 Å². The molecule has 1 aromatic carbocycles. The molecule has 0 radical (unpaired) electrons. The number of rotatable bonds is 6. The molecule has 0 aromatic heterocycles. The molecule has 5 nitrogen and oxygen atoms in total. The van der Waals surface area contributed by atoms with Crippen molar-refractivity contribution < 1.29 is 27.8 Å². The van der Waals surface area contributed by atoms with Crippen molar-refractivity contribution in [1.29, 1.82) is 0 Å². The third-order valence-corrected chi connectivity index (χ3v) is 6.83. The lowest BCUT2D eigenvalue weighted by Crippen LogP contribution is -2.40. The summed E-state index contributed by atoms with van der Waals surface area (Å²) in [5.41, 5.74) is 0. The summed E-state index contributed by atoms with van der Waals surface area (Å²) in [5, 5.41) is 11.3. The summed E-state index contributed by atoms with van der Waals surface area (Å²) in [4.78, 5) is 13.0. The number of likely N-dealkylation sites (tertiary alicyclic amines) is 1. The highest BCUT2D eigenvalue weighted by atomic mass is 19.2. The number of piperidine rings is 1. The van der Waals surface area contributed by atoms with Crippen molar-refractivity contribution in [3.63, 3.8) is 0 Å². The number of benzene rings is 1. The highest BCUT2D eigenvalue weighted by molar-refractivity contribution is 5.64. The average molecular weight is 457 g/mol. The lowest BCUT2D eigenvalue weighted by atomic mass is 9.84.